The van der Waals surface area contributed by atoms with Gasteiger partial charge in [-0.05, 0) is 25.0 Å². The fraction of sp³-hybridized carbons (Fsp3) is 0.308. The van der Waals surface area contributed by atoms with Crippen LogP contribution in [0, 0.1) is 0 Å². The van der Waals surface area contributed by atoms with Crippen molar-refractivity contribution in [2.24, 2.45) is 0 Å². The lowest BCUT2D eigenvalue weighted by atomic mass is 10.0. The molecule has 0 amide bonds. The molecule has 0 heterocycles. The number of rotatable bonds is 5. The highest BCUT2D eigenvalue weighted by Crippen LogP contribution is 2.35. The quantitative estimate of drug-likeness (QED) is 0.771. The minimum absolute atomic E-state index is 0.0105. The predicted molar refractivity (Wildman–Crippen MR) is 65.2 cm³/mol. The van der Waals surface area contributed by atoms with Gasteiger partial charge in [-0.2, -0.15) is 0 Å². The maximum Gasteiger partial charge on any atom is 0.328 e. The summed E-state index contributed by atoms with van der Waals surface area (Å²) in [6.45, 7) is 4.10. The highest BCUT2D eigenvalue weighted by molar-refractivity contribution is 5.91. The van der Waals surface area contributed by atoms with E-state index >= 15 is 0 Å². The number of hydrogen-bond donors (Lipinski definition) is 2. The van der Waals surface area contributed by atoms with Crippen LogP contribution in [0.2, 0.25) is 0 Å². The van der Waals surface area contributed by atoms with Crippen molar-refractivity contribution in [2.75, 3.05) is 6.61 Å². The molecule has 1 aromatic carbocycles. The second-order valence-electron chi connectivity index (χ2n) is 3.45. The topological polar surface area (TPSA) is 66.8 Å². The van der Waals surface area contributed by atoms with Gasteiger partial charge in [0.2, 0.25) is 0 Å². The van der Waals surface area contributed by atoms with Crippen molar-refractivity contribution >= 4 is 11.5 Å². The van der Waals surface area contributed by atoms with Crippen LogP contribution in [-0.4, -0.2) is 22.8 Å². The number of carboxylic acids is 1. The molecular weight excluding hydrogens is 220 g/mol. The zero-order valence-corrected chi connectivity index (χ0v) is 9.93. The van der Waals surface area contributed by atoms with E-state index in [0.29, 0.717) is 29.9 Å². The number of hydrogen-bond acceptors (Lipinski definition) is 3. The number of aliphatic carboxylic acids is 1. The predicted octanol–water partition coefficient (Wildman–Crippen LogP) is 2.67. The molecule has 0 saturated carbocycles. The third-order valence-electron chi connectivity index (χ3n) is 2.32. The third kappa shape index (κ3) is 3.24. The van der Waals surface area contributed by atoms with Crippen molar-refractivity contribution in [1.82, 2.24) is 0 Å². The van der Waals surface area contributed by atoms with Crippen LogP contribution in [0.3, 0.4) is 0 Å². The first-order chi connectivity index (χ1) is 8.10. The van der Waals surface area contributed by atoms with Gasteiger partial charge >= 0.3 is 5.97 Å². The number of carbonyl (C=O) groups is 1. The van der Waals surface area contributed by atoms with Crippen molar-refractivity contribution in [2.45, 2.75) is 20.3 Å². The fourth-order valence-corrected chi connectivity index (χ4v) is 1.57. The van der Waals surface area contributed by atoms with Crippen LogP contribution in [0.4, 0.5) is 0 Å². The second kappa shape index (κ2) is 5.94. The number of phenolic OH excluding ortho intramolecular Hbond substituents is 1. The molecule has 0 radical (unpaired) electrons. The molecule has 92 valence electrons. The number of ether oxygens (including phenoxy) is 1. The molecule has 0 unspecified atom stereocenters. The summed E-state index contributed by atoms with van der Waals surface area (Å²) in [6.07, 6.45) is 1.63. The Bertz CT molecular complexity index is 435. The van der Waals surface area contributed by atoms with E-state index in [1.54, 1.807) is 18.2 Å². The van der Waals surface area contributed by atoms with E-state index in [0.717, 1.165) is 6.08 Å². The second-order valence-corrected chi connectivity index (χ2v) is 3.45. The average Bonchev–Trinajstić information content (AvgIpc) is 2.29. The Balaban J connectivity index is 3.21. The number of para-hydroxylation sites is 1. The zero-order chi connectivity index (χ0) is 12.8. The SMILES string of the molecule is CCOc1cccc(/C(=C/C(=O)O)CC)c1O. The van der Waals surface area contributed by atoms with Crippen molar-refractivity contribution in [3.63, 3.8) is 0 Å². The lowest BCUT2D eigenvalue weighted by Crippen LogP contribution is -1.96. The standard InChI is InChI=1S/C13H16O4/c1-3-9(8-12(14)15)10-6-5-7-11(13(10)16)17-4-2/h5-8,16H,3-4H2,1-2H3,(H,14,15)/b9-8+. The van der Waals surface area contributed by atoms with Crippen LogP contribution in [-0.2, 0) is 4.79 Å². The molecule has 17 heavy (non-hydrogen) atoms. The Morgan fingerprint density at radius 2 is 2.12 bits per heavy atom. The maximum absolute atomic E-state index is 10.7. The van der Waals surface area contributed by atoms with E-state index in [1.807, 2.05) is 13.8 Å². The van der Waals surface area contributed by atoms with E-state index in [2.05, 4.69) is 0 Å². The molecule has 0 atom stereocenters. The summed E-state index contributed by atoms with van der Waals surface area (Å²) < 4.78 is 5.25. The van der Waals surface area contributed by atoms with Crippen LogP contribution >= 0.6 is 0 Å². The minimum Gasteiger partial charge on any atom is -0.504 e. The molecule has 4 nitrogen and oxygen atoms in total. The first-order valence-corrected chi connectivity index (χ1v) is 5.48. The summed E-state index contributed by atoms with van der Waals surface area (Å²) in [5, 5.41) is 18.7. The lowest BCUT2D eigenvalue weighted by Gasteiger charge is -2.11. The molecule has 0 aliphatic rings. The highest BCUT2D eigenvalue weighted by atomic mass is 16.5. The van der Waals surface area contributed by atoms with Crippen molar-refractivity contribution < 1.29 is 19.7 Å². The van der Waals surface area contributed by atoms with Crippen LogP contribution in [0.1, 0.15) is 25.8 Å². The number of benzene rings is 1. The Morgan fingerprint density at radius 1 is 1.41 bits per heavy atom. The molecule has 0 spiro atoms. The summed E-state index contributed by atoms with van der Waals surface area (Å²) in [4.78, 5) is 10.7. The zero-order valence-electron chi connectivity index (χ0n) is 9.93. The van der Waals surface area contributed by atoms with Crippen LogP contribution < -0.4 is 4.74 Å². The Hall–Kier alpha value is -1.97. The molecule has 1 rings (SSSR count). The van der Waals surface area contributed by atoms with Gasteiger partial charge < -0.3 is 14.9 Å². The van der Waals surface area contributed by atoms with Gasteiger partial charge in [-0.15, -0.1) is 0 Å². The lowest BCUT2D eigenvalue weighted by molar-refractivity contribution is -0.131. The molecule has 1 aromatic rings. The molecular formula is C13H16O4. The molecule has 2 N–H and O–H groups in total. The molecule has 4 heteroatoms. The summed E-state index contributed by atoms with van der Waals surface area (Å²) in [6, 6.07) is 5.05. The molecule has 0 fully saturated rings. The summed E-state index contributed by atoms with van der Waals surface area (Å²) in [5.74, 6) is -0.665. The van der Waals surface area contributed by atoms with E-state index in [1.165, 1.54) is 0 Å². The van der Waals surface area contributed by atoms with Crippen molar-refractivity contribution in [3.05, 3.63) is 29.8 Å². The molecule has 0 aromatic heterocycles. The van der Waals surface area contributed by atoms with E-state index in [4.69, 9.17) is 9.84 Å². The number of carboxylic acid groups (broad SMARTS) is 1. The first-order valence-electron chi connectivity index (χ1n) is 5.48. The summed E-state index contributed by atoms with van der Waals surface area (Å²) >= 11 is 0. The fourth-order valence-electron chi connectivity index (χ4n) is 1.57. The van der Waals surface area contributed by atoms with E-state index < -0.39 is 5.97 Å². The highest BCUT2D eigenvalue weighted by Gasteiger charge is 2.11. The van der Waals surface area contributed by atoms with Gasteiger partial charge in [0.05, 0.1) is 6.61 Å². The van der Waals surface area contributed by atoms with Crippen molar-refractivity contribution in [3.8, 4) is 11.5 Å². The van der Waals surface area contributed by atoms with E-state index in [9.17, 15) is 9.90 Å². The number of allylic oxidation sites excluding steroid dienone is 1. The van der Waals surface area contributed by atoms with Gasteiger partial charge in [-0.1, -0.05) is 19.1 Å². The molecule has 0 aliphatic heterocycles. The monoisotopic (exact) mass is 236 g/mol. The molecule has 0 aliphatic carbocycles. The normalized spacial score (nSPS) is 11.3. The smallest absolute Gasteiger partial charge is 0.328 e. The van der Waals surface area contributed by atoms with Crippen LogP contribution in [0.15, 0.2) is 24.3 Å². The van der Waals surface area contributed by atoms with Gasteiger partial charge in [-0.25, -0.2) is 4.79 Å². The van der Waals surface area contributed by atoms with Gasteiger partial charge in [0.1, 0.15) is 0 Å². The maximum atomic E-state index is 10.7. The number of aromatic hydroxyl groups is 1. The van der Waals surface area contributed by atoms with Gasteiger partial charge in [-0.3, -0.25) is 0 Å². The number of phenols is 1. The third-order valence-corrected chi connectivity index (χ3v) is 2.32. The Kier molecular flexibility index (Phi) is 4.57. The summed E-state index contributed by atoms with van der Waals surface area (Å²) in [5.41, 5.74) is 1.07. The molecule has 0 bridgehead atoms. The largest absolute Gasteiger partial charge is 0.504 e. The first kappa shape index (κ1) is 13.1. The minimum atomic E-state index is -1.02. The summed E-state index contributed by atoms with van der Waals surface area (Å²) in [7, 11) is 0. The molecule has 0 saturated heterocycles. The van der Waals surface area contributed by atoms with Gasteiger partial charge in [0.25, 0.3) is 0 Å². The van der Waals surface area contributed by atoms with Crippen LogP contribution in [0.25, 0.3) is 5.57 Å². The average molecular weight is 236 g/mol. The Labute approximate surface area is 100 Å². The van der Waals surface area contributed by atoms with Crippen molar-refractivity contribution in [1.29, 1.82) is 0 Å². The van der Waals surface area contributed by atoms with Gasteiger partial charge in [0.15, 0.2) is 11.5 Å². The van der Waals surface area contributed by atoms with Gasteiger partial charge in [0, 0.05) is 11.6 Å². The van der Waals surface area contributed by atoms with Crippen LogP contribution in [0.5, 0.6) is 11.5 Å². The van der Waals surface area contributed by atoms with E-state index in [-0.39, 0.29) is 5.75 Å². The Morgan fingerprint density at radius 3 is 2.65 bits per heavy atom.